The van der Waals surface area contributed by atoms with Crippen molar-refractivity contribution in [3.8, 4) is 0 Å². The monoisotopic (exact) mass is 228 g/mol. The van der Waals surface area contributed by atoms with E-state index < -0.39 is 0 Å². The van der Waals surface area contributed by atoms with Crippen LogP contribution >= 0.6 is 11.5 Å². The van der Waals surface area contributed by atoms with E-state index in [0.717, 1.165) is 10.7 Å². The average molecular weight is 228 g/mol. The van der Waals surface area contributed by atoms with Crippen LogP contribution in [0.4, 0.5) is 5.00 Å². The minimum absolute atomic E-state index is 0.276. The SMILES string of the molecule is CCOC(=O)c1c(C)nsc1NC(C)C. The fourth-order valence-corrected chi connectivity index (χ4v) is 2.10. The van der Waals surface area contributed by atoms with Crippen LogP contribution < -0.4 is 5.32 Å². The van der Waals surface area contributed by atoms with Crippen molar-refractivity contribution >= 4 is 22.5 Å². The van der Waals surface area contributed by atoms with Gasteiger partial charge in [-0.3, -0.25) is 0 Å². The molecule has 0 atom stereocenters. The molecule has 0 unspecified atom stereocenters. The molecule has 5 heteroatoms. The van der Waals surface area contributed by atoms with Crippen LogP contribution in [0.5, 0.6) is 0 Å². The quantitative estimate of drug-likeness (QED) is 0.804. The van der Waals surface area contributed by atoms with Crippen LogP contribution in [0.2, 0.25) is 0 Å². The van der Waals surface area contributed by atoms with Crippen LogP contribution in [0, 0.1) is 6.92 Å². The van der Waals surface area contributed by atoms with Gasteiger partial charge in [0.25, 0.3) is 0 Å². The number of anilines is 1. The Balaban J connectivity index is 2.93. The Morgan fingerprint density at radius 3 is 2.80 bits per heavy atom. The molecule has 0 bridgehead atoms. The van der Waals surface area contributed by atoms with E-state index in [9.17, 15) is 4.79 Å². The number of aryl methyl sites for hydroxylation is 1. The Hall–Kier alpha value is -1.10. The predicted octanol–water partition coefficient (Wildman–Crippen LogP) is 2.45. The summed E-state index contributed by atoms with van der Waals surface area (Å²) in [6, 6.07) is 0.276. The number of rotatable bonds is 4. The minimum atomic E-state index is -0.299. The number of nitrogens with zero attached hydrogens (tertiary/aromatic N) is 1. The molecular weight excluding hydrogens is 212 g/mol. The van der Waals surface area contributed by atoms with Crippen molar-refractivity contribution in [3.63, 3.8) is 0 Å². The first-order valence-electron chi connectivity index (χ1n) is 4.96. The fourth-order valence-electron chi connectivity index (χ4n) is 1.17. The van der Waals surface area contributed by atoms with Crippen LogP contribution in [0.1, 0.15) is 36.8 Å². The number of hydrogen-bond acceptors (Lipinski definition) is 5. The van der Waals surface area contributed by atoms with E-state index in [1.54, 1.807) is 6.92 Å². The molecule has 0 saturated carbocycles. The van der Waals surface area contributed by atoms with Crippen LogP contribution in [0.15, 0.2) is 0 Å². The molecule has 0 fully saturated rings. The van der Waals surface area contributed by atoms with Crippen molar-refractivity contribution in [2.24, 2.45) is 0 Å². The third-order valence-electron chi connectivity index (χ3n) is 1.76. The first-order valence-corrected chi connectivity index (χ1v) is 5.73. The molecule has 0 aliphatic heterocycles. The lowest BCUT2D eigenvalue weighted by molar-refractivity contribution is 0.0527. The van der Waals surface area contributed by atoms with Gasteiger partial charge in [0.2, 0.25) is 0 Å². The fraction of sp³-hybridized carbons (Fsp3) is 0.600. The number of carbonyl (C=O) groups is 1. The average Bonchev–Trinajstić information content (AvgIpc) is 2.46. The highest BCUT2D eigenvalue weighted by molar-refractivity contribution is 7.10. The zero-order valence-corrected chi connectivity index (χ0v) is 10.3. The van der Waals surface area contributed by atoms with Gasteiger partial charge in [0.05, 0.1) is 12.3 Å². The van der Waals surface area contributed by atoms with E-state index in [0.29, 0.717) is 12.2 Å². The van der Waals surface area contributed by atoms with Crippen LogP contribution in [0.3, 0.4) is 0 Å². The van der Waals surface area contributed by atoms with Gasteiger partial charge in [-0.05, 0) is 39.2 Å². The molecule has 15 heavy (non-hydrogen) atoms. The summed E-state index contributed by atoms with van der Waals surface area (Å²) in [6.45, 7) is 8.03. The third kappa shape index (κ3) is 2.92. The van der Waals surface area contributed by atoms with E-state index in [1.165, 1.54) is 11.5 Å². The first-order chi connectivity index (χ1) is 7.06. The highest BCUT2D eigenvalue weighted by Crippen LogP contribution is 2.25. The largest absolute Gasteiger partial charge is 0.462 e. The molecule has 0 aromatic carbocycles. The standard InChI is InChI=1S/C10H16N2O2S/c1-5-14-10(13)8-7(4)12-15-9(8)11-6(2)3/h6,11H,5H2,1-4H3. The Labute approximate surface area is 93.8 Å². The van der Waals surface area contributed by atoms with E-state index in [-0.39, 0.29) is 12.0 Å². The van der Waals surface area contributed by atoms with E-state index in [2.05, 4.69) is 9.69 Å². The van der Waals surface area contributed by atoms with Gasteiger partial charge < -0.3 is 10.1 Å². The Bertz CT molecular complexity index is 347. The lowest BCUT2D eigenvalue weighted by Gasteiger charge is -2.09. The second kappa shape index (κ2) is 5.11. The summed E-state index contributed by atoms with van der Waals surface area (Å²) in [5.41, 5.74) is 1.29. The van der Waals surface area contributed by atoms with Crippen molar-refractivity contribution in [2.75, 3.05) is 11.9 Å². The van der Waals surface area contributed by atoms with E-state index in [4.69, 9.17) is 4.74 Å². The van der Waals surface area contributed by atoms with Gasteiger partial charge in [-0.2, -0.15) is 4.37 Å². The molecule has 1 rings (SSSR count). The Kier molecular flexibility index (Phi) is 4.08. The number of esters is 1. The van der Waals surface area contributed by atoms with Gasteiger partial charge in [0, 0.05) is 6.04 Å². The molecule has 1 N–H and O–H groups in total. The molecule has 0 aliphatic rings. The van der Waals surface area contributed by atoms with E-state index in [1.807, 2.05) is 20.8 Å². The van der Waals surface area contributed by atoms with Crippen LogP contribution in [0.25, 0.3) is 0 Å². The molecule has 0 saturated heterocycles. The first kappa shape index (κ1) is 12.0. The molecule has 4 nitrogen and oxygen atoms in total. The second-order valence-corrected chi connectivity index (χ2v) is 4.27. The van der Waals surface area contributed by atoms with Crippen molar-refractivity contribution < 1.29 is 9.53 Å². The smallest absolute Gasteiger partial charge is 0.343 e. The highest BCUT2D eigenvalue weighted by atomic mass is 32.1. The lowest BCUT2D eigenvalue weighted by Crippen LogP contribution is -2.13. The summed E-state index contributed by atoms with van der Waals surface area (Å²) in [7, 11) is 0. The molecule has 84 valence electrons. The molecule has 0 radical (unpaired) electrons. The number of carbonyl (C=O) groups excluding carboxylic acids is 1. The van der Waals surface area contributed by atoms with Gasteiger partial charge >= 0.3 is 5.97 Å². The van der Waals surface area contributed by atoms with Gasteiger partial charge in [-0.1, -0.05) is 0 Å². The van der Waals surface area contributed by atoms with Crippen molar-refractivity contribution in [2.45, 2.75) is 33.7 Å². The number of nitrogens with one attached hydrogen (secondary N) is 1. The number of hydrogen-bond donors (Lipinski definition) is 1. The van der Waals surface area contributed by atoms with E-state index >= 15 is 0 Å². The summed E-state index contributed by atoms with van der Waals surface area (Å²) in [6.07, 6.45) is 0. The van der Waals surface area contributed by atoms with Gasteiger partial charge in [-0.25, -0.2) is 4.79 Å². The lowest BCUT2D eigenvalue weighted by atomic mass is 10.2. The molecule has 0 spiro atoms. The van der Waals surface area contributed by atoms with Crippen molar-refractivity contribution in [1.29, 1.82) is 0 Å². The second-order valence-electron chi connectivity index (χ2n) is 3.49. The molecule has 1 aromatic heterocycles. The summed E-state index contributed by atoms with van der Waals surface area (Å²) >= 11 is 1.30. The third-order valence-corrected chi connectivity index (χ3v) is 2.63. The summed E-state index contributed by atoms with van der Waals surface area (Å²) in [5.74, 6) is -0.299. The van der Waals surface area contributed by atoms with Gasteiger partial charge in [0.15, 0.2) is 0 Å². The summed E-state index contributed by atoms with van der Waals surface area (Å²) < 4.78 is 9.13. The maximum absolute atomic E-state index is 11.6. The zero-order chi connectivity index (χ0) is 11.4. The molecular formula is C10H16N2O2S. The molecule has 1 aromatic rings. The molecule has 0 aliphatic carbocycles. The highest BCUT2D eigenvalue weighted by Gasteiger charge is 2.19. The Morgan fingerprint density at radius 2 is 2.27 bits per heavy atom. The number of aromatic nitrogens is 1. The summed E-state index contributed by atoms with van der Waals surface area (Å²) in [4.78, 5) is 11.6. The minimum Gasteiger partial charge on any atom is -0.462 e. The van der Waals surface area contributed by atoms with Crippen molar-refractivity contribution in [3.05, 3.63) is 11.3 Å². The van der Waals surface area contributed by atoms with Crippen molar-refractivity contribution in [1.82, 2.24) is 4.37 Å². The Morgan fingerprint density at radius 1 is 1.60 bits per heavy atom. The van der Waals surface area contributed by atoms with Crippen LogP contribution in [-0.4, -0.2) is 23.0 Å². The molecule has 0 amide bonds. The van der Waals surface area contributed by atoms with Crippen LogP contribution in [-0.2, 0) is 4.74 Å². The zero-order valence-electron chi connectivity index (χ0n) is 9.46. The maximum atomic E-state index is 11.6. The normalized spacial score (nSPS) is 10.5. The maximum Gasteiger partial charge on any atom is 0.343 e. The van der Waals surface area contributed by atoms with Gasteiger partial charge in [-0.15, -0.1) is 0 Å². The summed E-state index contributed by atoms with van der Waals surface area (Å²) in [5, 5.41) is 3.98. The predicted molar refractivity (Wildman–Crippen MR) is 61.6 cm³/mol. The number of ether oxygens (including phenoxy) is 1. The topological polar surface area (TPSA) is 51.2 Å². The molecule has 1 heterocycles. The van der Waals surface area contributed by atoms with Gasteiger partial charge in [0.1, 0.15) is 10.6 Å².